The number of ether oxygens (including phenoxy) is 2. The highest BCUT2D eigenvalue weighted by Crippen LogP contribution is 2.46. The minimum absolute atomic E-state index is 0.0109. The highest BCUT2D eigenvalue weighted by molar-refractivity contribution is 6.04. The van der Waals surface area contributed by atoms with Crippen LogP contribution >= 0.6 is 0 Å². The van der Waals surface area contributed by atoms with E-state index in [2.05, 4.69) is 11.4 Å². The van der Waals surface area contributed by atoms with Crippen LogP contribution in [0, 0.1) is 22.7 Å². The molecule has 2 aliphatic heterocycles. The lowest BCUT2D eigenvalue weighted by Gasteiger charge is -2.40. The number of hydrogen-bond acceptors (Lipinski definition) is 7. The van der Waals surface area contributed by atoms with E-state index in [1.54, 1.807) is 49.0 Å². The highest BCUT2D eigenvalue weighted by atomic mass is 16.5. The number of fused-ring (bicyclic) bond motifs is 1. The van der Waals surface area contributed by atoms with Gasteiger partial charge < -0.3 is 34.6 Å². The van der Waals surface area contributed by atoms with E-state index in [1.807, 2.05) is 0 Å². The van der Waals surface area contributed by atoms with Gasteiger partial charge in [-0.1, -0.05) is 0 Å². The van der Waals surface area contributed by atoms with Crippen LogP contribution in [0.5, 0.6) is 5.75 Å². The monoisotopic (exact) mass is 567 g/mol. The molecule has 1 aromatic carbocycles. The maximum Gasteiger partial charge on any atom is 0.407 e. The van der Waals surface area contributed by atoms with Crippen molar-refractivity contribution in [3.05, 3.63) is 18.2 Å². The lowest BCUT2D eigenvalue weighted by Crippen LogP contribution is -2.56. The van der Waals surface area contributed by atoms with Gasteiger partial charge in [-0.2, -0.15) is 5.26 Å². The average molecular weight is 568 g/mol. The number of piperidine rings is 1. The standard InChI is InChI=1S/C29H37N5O7/c1-28(2)26(37)33(11-4-12-40-3)22-14-21(7-8-23(22)41-28)34(20-5-6-20)24(35)18-13-19(16-32(15-18)27(38)39)31-25(36)29(17-30)9-10-29/h7-8,14,18-20H,4-6,9-13,15-16H2,1-3H3,(H,31,36)(H,38,39)/t18-,19+/m1/s1. The number of carbonyl (C=O) groups excluding carboxylic acids is 3. The number of hydrogen-bond donors (Lipinski definition) is 2. The van der Waals surface area contributed by atoms with Gasteiger partial charge in [-0.15, -0.1) is 0 Å². The van der Waals surface area contributed by atoms with Crippen LogP contribution in [-0.2, 0) is 19.1 Å². The molecule has 4 aliphatic rings. The Balaban J connectivity index is 1.41. The van der Waals surface area contributed by atoms with Crippen molar-refractivity contribution in [1.29, 1.82) is 5.26 Å². The van der Waals surface area contributed by atoms with Crippen molar-refractivity contribution >= 4 is 35.2 Å². The zero-order valence-electron chi connectivity index (χ0n) is 23.7. The molecule has 0 unspecified atom stereocenters. The molecule has 0 spiro atoms. The summed E-state index contributed by atoms with van der Waals surface area (Å²) in [5.41, 5.74) is -0.899. The lowest BCUT2D eigenvalue weighted by molar-refractivity contribution is -0.132. The van der Waals surface area contributed by atoms with Gasteiger partial charge in [-0.25, -0.2) is 4.79 Å². The molecule has 2 atom stereocenters. The molecule has 12 nitrogen and oxygen atoms in total. The van der Waals surface area contributed by atoms with Crippen LogP contribution in [0.2, 0.25) is 0 Å². The van der Waals surface area contributed by atoms with E-state index in [-0.39, 0.29) is 37.4 Å². The Labute approximate surface area is 239 Å². The minimum Gasteiger partial charge on any atom is -0.476 e. The van der Waals surface area contributed by atoms with Crippen molar-refractivity contribution in [1.82, 2.24) is 10.2 Å². The second-order valence-electron chi connectivity index (χ2n) is 12.0. The number of carboxylic acid groups (broad SMARTS) is 1. The van der Waals surface area contributed by atoms with Crippen LogP contribution in [-0.4, -0.2) is 84.9 Å². The quantitative estimate of drug-likeness (QED) is 0.432. The largest absolute Gasteiger partial charge is 0.476 e. The molecule has 2 aliphatic carbocycles. The van der Waals surface area contributed by atoms with Crippen LogP contribution in [0.25, 0.3) is 0 Å². The van der Waals surface area contributed by atoms with Crippen LogP contribution in [0.15, 0.2) is 18.2 Å². The van der Waals surface area contributed by atoms with Gasteiger partial charge >= 0.3 is 6.09 Å². The van der Waals surface area contributed by atoms with Gasteiger partial charge in [-0.3, -0.25) is 14.4 Å². The number of nitrogens with zero attached hydrogens (tertiary/aromatic N) is 4. The molecule has 0 aromatic heterocycles. The summed E-state index contributed by atoms with van der Waals surface area (Å²) < 4.78 is 11.2. The van der Waals surface area contributed by atoms with Crippen LogP contribution in [0.3, 0.4) is 0 Å². The number of anilines is 2. The van der Waals surface area contributed by atoms with E-state index in [9.17, 15) is 29.5 Å². The molecule has 5 rings (SSSR count). The van der Waals surface area contributed by atoms with E-state index in [0.29, 0.717) is 49.5 Å². The van der Waals surface area contributed by atoms with Gasteiger partial charge in [0, 0.05) is 51.1 Å². The molecule has 2 saturated carbocycles. The summed E-state index contributed by atoms with van der Waals surface area (Å²) in [6.45, 7) is 4.43. The number of methoxy groups -OCH3 is 1. The topological polar surface area (TPSA) is 153 Å². The Morgan fingerprint density at radius 1 is 1.24 bits per heavy atom. The number of benzene rings is 1. The molecule has 3 fully saturated rings. The molecule has 0 radical (unpaired) electrons. The van der Waals surface area contributed by atoms with Crippen molar-refractivity contribution in [3.8, 4) is 11.8 Å². The van der Waals surface area contributed by atoms with E-state index < -0.39 is 35.0 Å². The first-order valence-electron chi connectivity index (χ1n) is 14.2. The Morgan fingerprint density at radius 3 is 2.59 bits per heavy atom. The molecule has 4 amide bonds. The Bertz CT molecular complexity index is 1280. The first-order valence-corrected chi connectivity index (χ1v) is 14.2. The van der Waals surface area contributed by atoms with Gasteiger partial charge in [0.2, 0.25) is 11.8 Å². The van der Waals surface area contributed by atoms with E-state index >= 15 is 0 Å². The highest BCUT2D eigenvalue weighted by Gasteiger charge is 2.52. The molecule has 41 heavy (non-hydrogen) atoms. The molecule has 2 heterocycles. The van der Waals surface area contributed by atoms with Crippen molar-refractivity contribution < 1.29 is 33.8 Å². The Hall–Kier alpha value is -3.85. The fourth-order valence-corrected chi connectivity index (χ4v) is 5.72. The number of amides is 4. The molecule has 220 valence electrons. The number of likely N-dealkylation sites (tertiary alicyclic amines) is 1. The Kier molecular flexibility index (Phi) is 7.59. The third-order valence-electron chi connectivity index (χ3n) is 8.32. The molecular formula is C29H37N5O7. The van der Waals surface area contributed by atoms with Gasteiger partial charge in [0.05, 0.1) is 17.7 Å². The minimum atomic E-state index is -1.17. The SMILES string of the molecule is COCCCN1C(=O)C(C)(C)Oc2ccc(N(C(=O)[C@@H]3C[C@H](NC(=O)C4(C#N)CC4)CN(C(=O)O)C3)C3CC3)cc21. The smallest absolute Gasteiger partial charge is 0.407 e. The van der Waals surface area contributed by atoms with Gasteiger partial charge in [0.1, 0.15) is 11.2 Å². The summed E-state index contributed by atoms with van der Waals surface area (Å²) in [5.74, 6) is -0.959. The fraction of sp³-hybridized carbons (Fsp3) is 0.621. The maximum atomic E-state index is 14.1. The van der Waals surface area contributed by atoms with Crippen LogP contribution in [0.1, 0.15) is 52.4 Å². The van der Waals surface area contributed by atoms with Crippen LogP contribution < -0.4 is 19.9 Å². The summed E-state index contributed by atoms with van der Waals surface area (Å²) in [5, 5.41) is 22.0. The van der Waals surface area contributed by atoms with Gasteiger partial charge in [-0.05, 0) is 70.6 Å². The maximum absolute atomic E-state index is 14.1. The normalized spacial score (nSPS) is 24.0. The van der Waals surface area contributed by atoms with Gasteiger partial charge in [0.15, 0.2) is 5.60 Å². The predicted octanol–water partition coefficient (Wildman–Crippen LogP) is 2.51. The van der Waals surface area contributed by atoms with Gasteiger partial charge in [0.25, 0.3) is 5.91 Å². The lowest BCUT2D eigenvalue weighted by atomic mass is 9.92. The predicted molar refractivity (Wildman–Crippen MR) is 147 cm³/mol. The summed E-state index contributed by atoms with van der Waals surface area (Å²) in [7, 11) is 1.61. The third kappa shape index (κ3) is 5.68. The molecule has 1 aromatic rings. The van der Waals surface area contributed by atoms with Crippen molar-refractivity contribution in [2.75, 3.05) is 43.2 Å². The molecule has 1 saturated heterocycles. The summed E-state index contributed by atoms with van der Waals surface area (Å²) in [4.78, 5) is 56.6. The molecule has 0 bridgehead atoms. The van der Waals surface area contributed by atoms with Crippen LogP contribution in [0.4, 0.5) is 16.2 Å². The zero-order valence-corrected chi connectivity index (χ0v) is 23.7. The zero-order chi connectivity index (χ0) is 29.5. The second kappa shape index (κ2) is 10.9. The van der Waals surface area contributed by atoms with E-state index in [4.69, 9.17) is 9.47 Å². The summed E-state index contributed by atoms with van der Waals surface area (Å²) >= 11 is 0. The van der Waals surface area contributed by atoms with Crippen molar-refractivity contribution in [2.45, 2.75) is 70.1 Å². The summed E-state index contributed by atoms with van der Waals surface area (Å²) in [6, 6.07) is 6.81. The molecule has 2 N–H and O–H groups in total. The summed E-state index contributed by atoms with van der Waals surface area (Å²) in [6.07, 6.45) is 2.30. The average Bonchev–Trinajstić information content (AvgIpc) is 3.86. The number of rotatable bonds is 9. The molecular weight excluding hydrogens is 530 g/mol. The first-order chi connectivity index (χ1) is 19.5. The number of nitrogens with one attached hydrogen (secondary N) is 1. The first kappa shape index (κ1) is 28.7. The number of nitriles is 1. The number of carbonyl (C=O) groups is 4. The fourth-order valence-electron chi connectivity index (χ4n) is 5.72. The second-order valence-corrected chi connectivity index (χ2v) is 12.0. The van der Waals surface area contributed by atoms with E-state index in [0.717, 1.165) is 17.7 Å². The van der Waals surface area contributed by atoms with Crippen molar-refractivity contribution in [3.63, 3.8) is 0 Å². The van der Waals surface area contributed by atoms with E-state index in [1.165, 1.54) is 0 Å². The van der Waals surface area contributed by atoms with Crippen molar-refractivity contribution in [2.24, 2.45) is 11.3 Å². The molecule has 12 heteroatoms. The Morgan fingerprint density at radius 2 is 1.98 bits per heavy atom. The third-order valence-corrected chi connectivity index (χ3v) is 8.32.